The molecular weight excluding hydrogens is 336 g/mol. The highest BCUT2D eigenvalue weighted by Crippen LogP contribution is 2.24. The van der Waals surface area contributed by atoms with E-state index in [1.165, 1.54) is 18.5 Å². The third-order valence-electron chi connectivity index (χ3n) is 5.11. The van der Waals surface area contributed by atoms with Gasteiger partial charge in [-0.15, -0.1) is 0 Å². The minimum absolute atomic E-state index is 0.644. The van der Waals surface area contributed by atoms with E-state index in [1.54, 1.807) is 6.33 Å². The van der Waals surface area contributed by atoms with Gasteiger partial charge in [-0.2, -0.15) is 4.98 Å². The summed E-state index contributed by atoms with van der Waals surface area (Å²) in [6, 6.07) is 14.2. The fourth-order valence-electron chi connectivity index (χ4n) is 3.60. The van der Waals surface area contributed by atoms with Gasteiger partial charge in [0.15, 0.2) is 5.82 Å². The molecule has 2 aromatic heterocycles. The van der Waals surface area contributed by atoms with Crippen molar-refractivity contribution in [2.24, 2.45) is 5.92 Å². The molecule has 1 fully saturated rings. The van der Waals surface area contributed by atoms with Crippen molar-refractivity contribution in [2.75, 3.05) is 36.5 Å². The van der Waals surface area contributed by atoms with Crippen LogP contribution < -0.4 is 9.80 Å². The molecular formula is C21H24N6. The Hall–Kier alpha value is -3.02. The number of benzene rings is 1. The zero-order chi connectivity index (χ0) is 18.5. The Bertz CT molecular complexity index is 847. The third-order valence-corrected chi connectivity index (χ3v) is 5.11. The first-order chi connectivity index (χ1) is 13.3. The molecule has 0 unspecified atom stereocenters. The molecule has 0 saturated carbocycles. The summed E-state index contributed by atoms with van der Waals surface area (Å²) in [7, 11) is 2.07. The van der Waals surface area contributed by atoms with Crippen molar-refractivity contribution < 1.29 is 0 Å². The molecule has 27 heavy (non-hydrogen) atoms. The number of pyridine rings is 1. The highest BCUT2D eigenvalue weighted by molar-refractivity contribution is 5.55. The van der Waals surface area contributed by atoms with E-state index in [-0.39, 0.29) is 0 Å². The van der Waals surface area contributed by atoms with Crippen LogP contribution >= 0.6 is 0 Å². The molecule has 138 valence electrons. The number of rotatable bonds is 5. The molecule has 1 aliphatic heterocycles. The van der Waals surface area contributed by atoms with Crippen molar-refractivity contribution in [1.29, 1.82) is 0 Å². The average molecular weight is 360 g/mol. The van der Waals surface area contributed by atoms with Crippen LogP contribution in [0.5, 0.6) is 0 Å². The number of hydrogen-bond donors (Lipinski definition) is 0. The van der Waals surface area contributed by atoms with Crippen molar-refractivity contribution in [2.45, 2.75) is 12.8 Å². The fourth-order valence-corrected chi connectivity index (χ4v) is 3.60. The molecule has 0 radical (unpaired) electrons. The van der Waals surface area contributed by atoms with Crippen molar-refractivity contribution >= 4 is 11.6 Å². The van der Waals surface area contributed by atoms with Gasteiger partial charge in [0.25, 0.3) is 0 Å². The molecule has 0 aliphatic carbocycles. The Balaban J connectivity index is 1.37. The highest BCUT2D eigenvalue weighted by atomic mass is 15.3. The van der Waals surface area contributed by atoms with Crippen LogP contribution in [0.25, 0.3) is 11.4 Å². The molecule has 3 heterocycles. The molecule has 3 aromatic rings. The maximum atomic E-state index is 4.66. The van der Waals surface area contributed by atoms with E-state index < -0.39 is 0 Å². The maximum absolute atomic E-state index is 4.66. The van der Waals surface area contributed by atoms with Gasteiger partial charge in [0.05, 0.1) is 0 Å². The van der Waals surface area contributed by atoms with E-state index in [2.05, 4.69) is 48.9 Å². The van der Waals surface area contributed by atoms with Crippen molar-refractivity contribution in [3.8, 4) is 11.4 Å². The lowest BCUT2D eigenvalue weighted by molar-refractivity contribution is 0.407. The molecule has 4 rings (SSSR count). The first-order valence-corrected chi connectivity index (χ1v) is 9.40. The number of anilines is 2. The summed E-state index contributed by atoms with van der Waals surface area (Å²) in [6.07, 6.45) is 7.67. The van der Waals surface area contributed by atoms with Gasteiger partial charge in [0, 0.05) is 50.3 Å². The molecule has 1 saturated heterocycles. The van der Waals surface area contributed by atoms with E-state index in [1.807, 2.05) is 42.7 Å². The lowest BCUT2D eigenvalue weighted by atomic mass is 9.96. The quantitative estimate of drug-likeness (QED) is 0.696. The maximum Gasteiger partial charge on any atom is 0.228 e. The van der Waals surface area contributed by atoms with Crippen LogP contribution in [0.4, 0.5) is 11.6 Å². The molecule has 0 atom stereocenters. The Kier molecular flexibility index (Phi) is 5.23. The first kappa shape index (κ1) is 17.4. The second-order valence-corrected chi connectivity index (χ2v) is 6.99. The van der Waals surface area contributed by atoms with Crippen LogP contribution in [0.2, 0.25) is 0 Å². The van der Waals surface area contributed by atoms with Gasteiger partial charge in [-0.05, 0) is 30.9 Å². The molecule has 6 heteroatoms. The normalized spacial score (nSPS) is 14.9. The van der Waals surface area contributed by atoms with E-state index in [0.29, 0.717) is 5.92 Å². The minimum Gasteiger partial charge on any atom is -0.371 e. The molecule has 0 amide bonds. The van der Waals surface area contributed by atoms with Crippen LogP contribution in [0, 0.1) is 5.92 Å². The lowest BCUT2D eigenvalue weighted by Gasteiger charge is -2.35. The topological polar surface area (TPSA) is 58.0 Å². The number of hydrogen-bond acceptors (Lipinski definition) is 6. The predicted molar refractivity (Wildman–Crippen MR) is 108 cm³/mol. The Morgan fingerprint density at radius 2 is 1.74 bits per heavy atom. The van der Waals surface area contributed by atoms with Crippen LogP contribution in [-0.2, 0) is 0 Å². The van der Waals surface area contributed by atoms with Gasteiger partial charge < -0.3 is 9.80 Å². The summed E-state index contributed by atoms with van der Waals surface area (Å²) < 4.78 is 0. The van der Waals surface area contributed by atoms with Crippen LogP contribution in [0.15, 0.2) is 61.2 Å². The van der Waals surface area contributed by atoms with Crippen molar-refractivity contribution in [3.63, 3.8) is 0 Å². The zero-order valence-electron chi connectivity index (χ0n) is 15.6. The molecule has 0 bridgehead atoms. The number of aromatic nitrogens is 4. The van der Waals surface area contributed by atoms with E-state index in [0.717, 1.165) is 37.0 Å². The predicted octanol–water partition coefficient (Wildman–Crippen LogP) is 3.29. The zero-order valence-corrected chi connectivity index (χ0v) is 15.6. The second kappa shape index (κ2) is 8.12. The van der Waals surface area contributed by atoms with Crippen LogP contribution in [0.3, 0.4) is 0 Å². The van der Waals surface area contributed by atoms with Crippen LogP contribution in [-0.4, -0.2) is 46.6 Å². The SMILES string of the molecule is CN(CC1CCN(c2ccncc2)CC1)c1ncnc(-c2ccccc2)n1. The van der Waals surface area contributed by atoms with Gasteiger partial charge >= 0.3 is 0 Å². The Morgan fingerprint density at radius 3 is 2.48 bits per heavy atom. The summed E-state index contributed by atoms with van der Waals surface area (Å²) in [5.74, 6) is 2.10. The second-order valence-electron chi connectivity index (χ2n) is 6.99. The molecule has 0 spiro atoms. The van der Waals surface area contributed by atoms with E-state index >= 15 is 0 Å². The number of piperidine rings is 1. The Labute approximate surface area is 159 Å². The molecule has 0 N–H and O–H groups in total. The molecule has 1 aromatic carbocycles. The number of nitrogens with zero attached hydrogens (tertiary/aromatic N) is 6. The van der Waals surface area contributed by atoms with Gasteiger partial charge in [0.2, 0.25) is 5.95 Å². The monoisotopic (exact) mass is 360 g/mol. The summed E-state index contributed by atoms with van der Waals surface area (Å²) in [5, 5.41) is 0. The fraction of sp³-hybridized carbons (Fsp3) is 0.333. The summed E-state index contributed by atoms with van der Waals surface area (Å²) in [4.78, 5) is 22.1. The summed E-state index contributed by atoms with van der Waals surface area (Å²) >= 11 is 0. The van der Waals surface area contributed by atoms with Gasteiger partial charge in [-0.25, -0.2) is 9.97 Å². The summed E-state index contributed by atoms with van der Waals surface area (Å²) in [6.45, 7) is 3.12. The highest BCUT2D eigenvalue weighted by Gasteiger charge is 2.21. The molecule has 6 nitrogen and oxygen atoms in total. The van der Waals surface area contributed by atoms with Gasteiger partial charge in [0.1, 0.15) is 6.33 Å². The smallest absolute Gasteiger partial charge is 0.228 e. The van der Waals surface area contributed by atoms with Crippen LogP contribution in [0.1, 0.15) is 12.8 Å². The lowest BCUT2D eigenvalue weighted by Crippen LogP contribution is -2.38. The molecule has 1 aliphatic rings. The Morgan fingerprint density at radius 1 is 1.00 bits per heavy atom. The standard InChI is InChI=1S/C21H24N6/c1-26(21-24-16-23-20(25-21)18-5-3-2-4-6-18)15-17-9-13-27(14-10-17)19-7-11-22-12-8-19/h2-8,11-12,16-17H,9-10,13-15H2,1H3. The largest absolute Gasteiger partial charge is 0.371 e. The van der Waals surface area contributed by atoms with Crippen molar-refractivity contribution in [3.05, 3.63) is 61.2 Å². The first-order valence-electron chi connectivity index (χ1n) is 9.40. The summed E-state index contributed by atoms with van der Waals surface area (Å²) in [5.41, 5.74) is 2.28. The van der Waals surface area contributed by atoms with E-state index in [4.69, 9.17) is 0 Å². The van der Waals surface area contributed by atoms with Gasteiger partial charge in [-0.1, -0.05) is 30.3 Å². The van der Waals surface area contributed by atoms with Crippen molar-refractivity contribution in [1.82, 2.24) is 19.9 Å². The minimum atomic E-state index is 0.644. The van der Waals surface area contributed by atoms with Gasteiger partial charge in [-0.3, -0.25) is 4.98 Å². The average Bonchev–Trinajstić information content (AvgIpc) is 2.75. The third kappa shape index (κ3) is 4.22. The van der Waals surface area contributed by atoms with E-state index in [9.17, 15) is 0 Å².